The number of hydrogen-bond acceptors (Lipinski definition) is 12. The van der Waals surface area contributed by atoms with Gasteiger partial charge in [-0.05, 0) is 122 Å². The zero-order valence-electron chi connectivity index (χ0n) is 42.8. The number of carbonyl (C=O) groups excluding carboxylic acids is 2. The summed E-state index contributed by atoms with van der Waals surface area (Å²) in [4.78, 5) is 29.0. The molecule has 2 aliphatic rings. The average molecular weight is 1100 g/mol. The summed E-state index contributed by atoms with van der Waals surface area (Å²) in [6.45, 7) is 10.6. The summed E-state index contributed by atoms with van der Waals surface area (Å²) in [5.74, 6) is -0.0189. The number of hydrogen-bond donors (Lipinski definition) is 6. The topological polar surface area (TPSA) is 218 Å². The molecule has 4 aromatic carbocycles. The van der Waals surface area contributed by atoms with E-state index in [1.54, 1.807) is 36.4 Å². The van der Waals surface area contributed by atoms with Crippen LogP contribution in [0.1, 0.15) is 69.2 Å². The number of rotatable bonds is 29. The van der Waals surface area contributed by atoms with Gasteiger partial charge in [0.25, 0.3) is 0 Å². The van der Waals surface area contributed by atoms with Gasteiger partial charge in [-0.15, -0.1) is 0 Å². The molecule has 0 spiro atoms. The van der Waals surface area contributed by atoms with Crippen molar-refractivity contribution in [2.45, 2.75) is 61.4 Å². The van der Waals surface area contributed by atoms with E-state index in [1.807, 2.05) is 52.2 Å². The lowest BCUT2D eigenvalue weighted by Gasteiger charge is -2.33. The molecule has 22 heteroatoms. The summed E-state index contributed by atoms with van der Waals surface area (Å²) in [6, 6.07) is 21.6. The van der Waals surface area contributed by atoms with Crippen molar-refractivity contribution in [3.8, 4) is 0 Å². The fourth-order valence-corrected chi connectivity index (χ4v) is 11.8. The minimum Gasteiger partial charge on any atom is -0.378 e. The van der Waals surface area contributed by atoms with Gasteiger partial charge in [0.05, 0.1) is 62.6 Å². The Kier molecular flexibility index (Phi) is 23.2. The van der Waals surface area contributed by atoms with E-state index in [4.69, 9.17) is 42.1 Å². The smallest absolute Gasteiger partial charge is 0.314 e. The SMILES string of the molecule is Cc1cc(Cl)c2c(c1)[C@H](c1cccc(S(=O)(=O)NCCOCCOCCNC(=O)NCCCCNC(=O)NCCOCCOCCNS(=O)(=O)c3cccc([C@@H]4CN(C)Cc5c(Cl)cc(C)cc54)c3)c1)CN(C)C2. The first-order chi connectivity index (χ1) is 35.5. The van der Waals surface area contributed by atoms with Crippen molar-refractivity contribution in [1.82, 2.24) is 40.5 Å². The average Bonchev–Trinajstić information content (AvgIpc) is 3.36. The molecule has 74 heavy (non-hydrogen) atoms. The summed E-state index contributed by atoms with van der Waals surface area (Å²) in [7, 11) is -3.47. The lowest BCUT2D eigenvalue weighted by Crippen LogP contribution is -2.39. The van der Waals surface area contributed by atoms with Gasteiger partial charge in [0.15, 0.2) is 0 Å². The molecule has 0 aromatic heterocycles. The third kappa shape index (κ3) is 18.1. The fraction of sp³-hybridized carbons (Fsp3) is 0.500. The molecule has 18 nitrogen and oxygen atoms in total. The molecule has 0 bridgehead atoms. The molecule has 4 amide bonds. The number of fused-ring (bicyclic) bond motifs is 2. The second kappa shape index (κ2) is 29.2. The van der Waals surface area contributed by atoms with Crippen molar-refractivity contribution in [2.24, 2.45) is 0 Å². The van der Waals surface area contributed by atoms with Crippen LogP contribution in [-0.4, -0.2) is 158 Å². The predicted molar refractivity (Wildman–Crippen MR) is 287 cm³/mol. The highest BCUT2D eigenvalue weighted by molar-refractivity contribution is 7.89. The lowest BCUT2D eigenvalue weighted by molar-refractivity contribution is 0.0516. The highest BCUT2D eigenvalue weighted by Gasteiger charge is 2.30. The van der Waals surface area contributed by atoms with Crippen LogP contribution in [0.2, 0.25) is 10.0 Å². The third-order valence-corrected chi connectivity index (χ3v) is 16.1. The first-order valence-electron chi connectivity index (χ1n) is 25.0. The van der Waals surface area contributed by atoms with Crippen LogP contribution >= 0.6 is 23.2 Å². The second-order valence-electron chi connectivity index (χ2n) is 18.6. The van der Waals surface area contributed by atoms with Crippen LogP contribution in [0.5, 0.6) is 0 Å². The number of unbranched alkanes of at least 4 members (excludes halogenated alkanes) is 1. The summed E-state index contributed by atoms with van der Waals surface area (Å²) < 4.78 is 80.0. The van der Waals surface area contributed by atoms with Crippen LogP contribution in [-0.2, 0) is 52.1 Å². The number of nitrogens with zero attached hydrogens (tertiary/aromatic N) is 2. The van der Waals surface area contributed by atoms with Crippen molar-refractivity contribution in [1.29, 1.82) is 0 Å². The standard InChI is InChI=1S/C52H72Cl2N8O10S2/c1-37-27-43-45(33-61(3)35-47(43)49(53)29-37)39-9-7-11-41(31-39)73(65,66)59-17-21-71-25-23-69-19-15-57-51(63)55-13-5-6-14-56-52(64)58-16-20-70-24-26-72-22-18-60-74(67,68)42-12-8-10-40(32-42)46-34-62(4)36-48-44(46)28-38(2)30-50(48)54/h7-12,27-32,45-46,59-60H,5-6,13-26,33-36H2,1-4H3,(H2,55,57,63)(H2,56,58,64)/t45-,46-/m0/s1. The van der Waals surface area contributed by atoms with Gasteiger partial charge in [0, 0.05) is 87.3 Å². The maximum absolute atomic E-state index is 13.2. The Labute approximate surface area is 447 Å². The first kappa shape index (κ1) is 58.8. The normalized spacial score (nSPS) is 16.1. The monoisotopic (exact) mass is 1100 g/mol. The van der Waals surface area contributed by atoms with E-state index < -0.39 is 20.0 Å². The largest absolute Gasteiger partial charge is 0.378 e. The molecule has 6 rings (SSSR count). The molecule has 406 valence electrons. The number of sulfonamides is 2. The quantitative estimate of drug-likeness (QED) is 0.0374. The summed E-state index contributed by atoms with van der Waals surface area (Å²) in [5.41, 5.74) is 8.36. The molecule has 0 aliphatic carbocycles. The molecule has 0 saturated heterocycles. The molecule has 2 atom stereocenters. The van der Waals surface area contributed by atoms with E-state index in [0.717, 1.165) is 80.7 Å². The molecule has 4 aromatic rings. The van der Waals surface area contributed by atoms with Crippen LogP contribution in [0.25, 0.3) is 0 Å². The zero-order valence-corrected chi connectivity index (χ0v) is 45.9. The Hall–Kier alpha value is -4.42. The number of carbonyl (C=O) groups is 2. The molecule has 2 aliphatic heterocycles. The Morgan fingerprint density at radius 1 is 0.527 bits per heavy atom. The fourth-order valence-electron chi connectivity index (χ4n) is 8.97. The molecule has 0 saturated carbocycles. The number of benzene rings is 4. The van der Waals surface area contributed by atoms with Gasteiger partial charge >= 0.3 is 12.1 Å². The summed E-state index contributed by atoms with van der Waals surface area (Å²) in [6.07, 6.45) is 1.32. The van der Waals surface area contributed by atoms with Crippen molar-refractivity contribution < 1.29 is 45.4 Å². The lowest BCUT2D eigenvalue weighted by atomic mass is 9.84. The van der Waals surface area contributed by atoms with Gasteiger partial charge in [0.2, 0.25) is 20.0 Å². The van der Waals surface area contributed by atoms with Crippen LogP contribution in [0.4, 0.5) is 9.59 Å². The molecule has 6 N–H and O–H groups in total. The Morgan fingerprint density at radius 2 is 0.892 bits per heavy atom. The third-order valence-electron chi connectivity index (χ3n) is 12.5. The molecule has 2 heterocycles. The number of likely N-dealkylation sites (N-methyl/N-ethyl adjacent to an activating group) is 2. The van der Waals surface area contributed by atoms with E-state index in [2.05, 4.69) is 52.6 Å². The van der Waals surface area contributed by atoms with Crippen molar-refractivity contribution in [3.05, 3.63) is 127 Å². The van der Waals surface area contributed by atoms with E-state index in [-0.39, 0.29) is 99.6 Å². The van der Waals surface area contributed by atoms with E-state index in [1.165, 1.54) is 0 Å². The maximum Gasteiger partial charge on any atom is 0.314 e. The van der Waals surface area contributed by atoms with Crippen LogP contribution < -0.4 is 30.7 Å². The van der Waals surface area contributed by atoms with Crippen LogP contribution in [0.15, 0.2) is 82.6 Å². The molecule has 0 unspecified atom stereocenters. The van der Waals surface area contributed by atoms with Gasteiger partial charge in [-0.3, -0.25) is 0 Å². The molecule has 0 radical (unpaired) electrons. The van der Waals surface area contributed by atoms with Crippen LogP contribution in [0.3, 0.4) is 0 Å². The Morgan fingerprint density at radius 3 is 1.28 bits per heavy atom. The van der Waals surface area contributed by atoms with E-state index in [9.17, 15) is 26.4 Å². The number of urea groups is 2. The van der Waals surface area contributed by atoms with Gasteiger partial charge in [-0.2, -0.15) is 0 Å². The number of amides is 4. The summed E-state index contributed by atoms with van der Waals surface area (Å²) in [5, 5.41) is 12.4. The number of aryl methyl sites for hydroxylation is 2. The van der Waals surface area contributed by atoms with Crippen molar-refractivity contribution >= 4 is 55.3 Å². The van der Waals surface area contributed by atoms with Gasteiger partial charge < -0.3 is 50.0 Å². The minimum atomic E-state index is -3.77. The van der Waals surface area contributed by atoms with E-state index >= 15 is 0 Å². The molecular weight excluding hydrogens is 1030 g/mol. The maximum atomic E-state index is 13.2. The number of nitrogens with one attached hydrogen (secondary N) is 6. The van der Waals surface area contributed by atoms with Gasteiger partial charge in [0.1, 0.15) is 0 Å². The van der Waals surface area contributed by atoms with Gasteiger partial charge in [-0.25, -0.2) is 35.9 Å². The highest BCUT2D eigenvalue weighted by atomic mass is 35.5. The number of halogens is 2. The molecule has 0 fully saturated rings. The van der Waals surface area contributed by atoms with Crippen LogP contribution in [0, 0.1) is 13.8 Å². The van der Waals surface area contributed by atoms with Crippen molar-refractivity contribution in [2.75, 3.05) is 119 Å². The first-order valence-corrected chi connectivity index (χ1v) is 28.7. The highest BCUT2D eigenvalue weighted by Crippen LogP contribution is 2.39. The Bertz CT molecular complexity index is 2540. The second-order valence-corrected chi connectivity index (χ2v) is 22.9. The van der Waals surface area contributed by atoms with E-state index in [0.29, 0.717) is 39.0 Å². The zero-order chi connectivity index (χ0) is 53.1. The van der Waals surface area contributed by atoms with Crippen molar-refractivity contribution in [3.63, 3.8) is 0 Å². The number of ether oxygens (including phenoxy) is 4. The molecular formula is C52H72Cl2N8O10S2. The predicted octanol–water partition coefficient (Wildman–Crippen LogP) is 5.47. The Balaban J connectivity index is 0.707. The summed E-state index contributed by atoms with van der Waals surface area (Å²) >= 11 is 13.2. The minimum absolute atomic E-state index is 0.00943. The van der Waals surface area contributed by atoms with Gasteiger partial charge in [-0.1, -0.05) is 59.6 Å².